The molecule has 0 amide bonds. The number of benzene rings is 1. The van der Waals surface area contributed by atoms with Gasteiger partial charge in [-0.1, -0.05) is 6.07 Å². The summed E-state index contributed by atoms with van der Waals surface area (Å²) in [6.07, 6.45) is -2.00. The quantitative estimate of drug-likeness (QED) is 0.734. The Morgan fingerprint density at radius 3 is 1.74 bits per heavy atom. The van der Waals surface area contributed by atoms with Crippen LogP contribution in [0.5, 0.6) is 11.5 Å². The maximum Gasteiger partial charge on any atom is 0.344 e. The molecule has 0 heterocycles. The van der Waals surface area contributed by atoms with E-state index in [2.05, 4.69) is 0 Å². The van der Waals surface area contributed by atoms with Crippen molar-refractivity contribution < 1.29 is 29.3 Å². The maximum atomic E-state index is 10.7. The summed E-state index contributed by atoms with van der Waals surface area (Å²) in [7, 11) is 0. The van der Waals surface area contributed by atoms with E-state index in [1.165, 1.54) is 13.8 Å². The summed E-state index contributed by atoms with van der Waals surface area (Å²) in [6.45, 7) is 2.82. The number of hydrogen-bond acceptors (Lipinski definition) is 4. The second kappa shape index (κ2) is 6.60. The number of carboxylic acid groups (broad SMARTS) is 2. The van der Waals surface area contributed by atoms with E-state index in [0.29, 0.717) is 15.1 Å². The molecule has 6 nitrogen and oxygen atoms in total. The van der Waals surface area contributed by atoms with Crippen molar-refractivity contribution in [3.8, 4) is 11.5 Å². The fourth-order valence-electron chi connectivity index (χ4n) is 1.15. The molecule has 0 aliphatic carbocycles. The number of carbonyl (C=O) groups is 2. The Balaban J connectivity index is 2.92. The van der Waals surface area contributed by atoms with Crippen LogP contribution in [0.1, 0.15) is 13.8 Å². The molecule has 104 valence electrons. The summed E-state index contributed by atoms with van der Waals surface area (Å²) in [5.41, 5.74) is 0. The molecule has 2 atom stereocenters. The highest BCUT2D eigenvalue weighted by Crippen LogP contribution is 2.31. The van der Waals surface area contributed by atoms with Crippen LogP contribution in [0.4, 0.5) is 0 Å². The van der Waals surface area contributed by atoms with Gasteiger partial charge >= 0.3 is 11.9 Å². The molecule has 0 spiro atoms. The highest BCUT2D eigenvalue weighted by atomic mass is 127. The molecule has 1 rings (SSSR count). The second-order valence-electron chi connectivity index (χ2n) is 3.76. The van der Waals surface area contributed by atoms with Gasteiger partial charge in [-0.05, 0) is 48.6 Å². The number of ether oxygens (including phenoxy) is 2. The average molecular weight is 380 g/mol. The van der Waals surface area contributed by atoms with E-state index >= 15 is 0 Å². The molecule has 0 radical (unpaired) electrons. The van der Waals surface area contributed by atoms with E-state index in [0.717, 1.165) is 0 Å². The zero-order valence-electron chi connectivity index (χ0n) is 10.3. The van der Waals surface area contributed by atoms with Crippen LogP contribution in [0.2, 0.25) is 0 Å². The zero-order valence-corrected chi connectivity index (χ0v) is 12.4. The lowest BCUT2D eigenvalue weighted by Gasteiger charge is -2.16. The molecule has 2 N–H and O–H groups in total. The Morgan fingerprint density at radius 2 is 1.42 bits per heavy atom. The first kappa shape index (κ1) is 15.5. The van der Waals surface area contributed by atoms with Crippen LogP contribution in [0.25, 0.3) is 0 Å². The molecule has 0 saturated carbocycles. The normalized spacial score (nSPS) is 13.4. The Kier molecular flexibility index (Phi) is 5.40. The molecule has 0 bridgehead atoms. The Morgan fingerprint density at radius 1 is 1.05 bits per heavy atom. The summed E-state index contributed by atoms with van der Waals surface area (Å²) in [4.78, 5) is 21.5. The van der Waals surface area contributed by atoms with Gasteiger partial charge in [-0.2, -0.15) is 0 Å². The van der Waals surface area contributed by atoms with Crippen LogP contribution in [0.15, 0.2) is 18.2 Å². The van der Waals surface area contributed by atoms with Crippen molar-refractivity contribution >= 4 is 34.5 Å². The van der Waals surface area contributed by atoms with Crippen molar-refractivity contribution in [2.24, 2.45) is 0 Å². The standard InChI is InChI=1S/C12H13IO6/c1-6(11(14)15)18-8-4-3-5-9(10(8)13)19-7(2)12(16)17/h3-7H,1-2H3,(H,14,15)(H,16,17)/t6-,7-/m1/s1. The maximum absolute atomic E-state index is 10.7. The minimum Gasteiger partial charge on any atom is -0.479 e. The number of carboxylic acids is 2. The Hall–Kier alpha value is -1.51. The smallest absolute Gasteiger partial charge is 0.344 e. The first-order chi connectivity index (χ1) is 8.82. The lowest BCUT2D eigenvalue weighted by atomic mass is 10.3. The lowest BCUT2D eigenvalue weighted by molar-refractivity contribution is -0.144. The highest BCUT2D eigenvalue weighted by molar-refractivity contribution is 14.1. The third-order valence-electron chi connectivity index (χ3n) is 2.23. The van der Waals surface area contributed by atoms with Gasteiger partial charge in [0.05, 0.1) is 3.57 Å². The van der Waals surface area contributed by atoms with Crippen molar-refractivity contribution in [1.82, 2.24) is 0 Å². The molecular formula is C12H13IO6. The molecule has 0 aromatic heterocycles. The van der Waals surface area contributed by atoms with Crippen LogP contribution in [0, 0.1) is 3.57 Å². The summed E-state index contributed by atoms with van der Waals surface area (Å²) >= 11 is 1.92. The molecule has 0 aliphatic rings. The monoisotopic (exact) mass is 380 g/mol. The fraction of sp³-hybridized carbons (Fsp3) is 0.333. The van der Waals surface area contributed by atoms with Gasteiger partial charge in [0.2, 0.25) is 0 Å². The zero-order chi connectivity index (χ0) is 14.6. The average Bonchev–Trinajstić information content (AvgIpc) is 2.33. The minimum absolute atomic E-state index is 0.339. The van der Waals surface area contributed by atoms with Crippen LogP contribution in [-0.4, -0.2) is 34.4 Å². The molecule has 0 saturated heterocycles. The predicted octanol–water partition coefficient (Wildman–Crippen LogP) is 2.00. The highest BCUT2D eigenvalue weighted by Gasteiger charge is 2.18. The second-order valence-corrected chi connectivity index (χ2v) is 4.84. The molecule has 0 unspecified atom stereocenters. The largest absolute Gasteiger partial charge is 0.479 e. The van der Waals surface area contributed by atoms with E-state index in [9.17, 15) is 9.59 Å². The predicted molar refractivity (Wildman–Crippen MR) is 74.6 cm³/mol. The summed E-state index contributed by atoms with van der Waals surface area (Å²) in [6, 6.07) is 4.80. The van der Waals surface area contributed by atoms with E-state index in [1.54, 1.807) is 18.2 Å². The molecule has 0 aliphatic heterocycles. The summed E-state index contributed by atoms with van der Waals surface area (Å²) < 4.78 is 11.0. The van der Waals surface area contributed by atoms with Crippen molar-refractivity contribution in [3.05, 3.63) is 21.8 Å². The van der Waals surface area contributed by atoms with Crippen molar-refractivity contribution in [3.63, 3.8) is 0 Å². The van der Waals surface area contributed by atoms with Gasteiger partial charge in [-0.25, -0.2) is 9.59 Å². The first-order valence-electron chi connectivity index (χ1n) is 5.40. The van der Waals surface area contributed by atoms with E-state index in [4.69, 9.17) is 19.7 Å². The first-order valence-corrected chi connectivity index (χ1v) is 6.48. The van der Waals surface area contributed by atoms with Crippen molar-refractivity contribution in [2.45, 2.75) is 26.1 Å². The van der Waals surface area contributed by atoms with Crippen LogP contribution in [-0.2, 0) is 9.59 Å². The van der Waals surface area contributed by atoms with Gasteiger partial charge in [0.1, 0.15) is 11.5 Å². The van der Waals surface area contributed by atoms with Crippen LogP contribution < -0.4 is 9.47 Å². The minimum atomic E-state index is -1.08. The SMILES string of the molecule is C[C@@H](Oc1cccc(O[C@H](C)C(=O)O)c1I)C(=O)O. The van der Waals surface area contributed by atoms with E-state index in [1.807, 2.05) is 22.6 Å². The Labute approximate surface area is 123 Å². The van der Waals surface area contributed by atoms with Gasteiger partial charge in [-0.3, -0.25) is 0 Å². The van der Waals surface area contributed by atoms with Crippen LogP contribution in [0.3, 0.4) is 0 Å². The number of aliphatic carboxylic acids is 2. The van der Waals surface area contributed by atoms with Crippen molar-refractivity contribution in [2.75, 3.05) is 0 Å². The lowest BCUT2D eigenvalue weighted by Crippen LogP contribution is -2.24. The van der Waals surface area contributed by atoms with Gasteiger partial charge in [0.15, 0.2) is 12.2 Å². The van der Waals surface area contributed by atoms with Gasteiger partial charge in [-0.15, -0.1) is 0 Å². The van der Waals surface area contributed by atoms with Gasteiger partial charge in [0.25, 0.3) is 0 Å². The summed E-state index contributed by atoms with van der Waals surface area (Å²) in [5, 5.41) is 17.6. The molecule has 7 heteroatoms. The number of halogens is 1. The van der Waals surface area contributed by atoms with Crippen LogP contribution >= 0.6 is 22.6 Å². The number of rotatable bonds is 6. The van der Waals surface area contributed by atoms with Gasteiger partial charge in [0, 0.05) is 0 Å². The van der Waals surface area contributed by atoms with Gasteiger partial charge < -0.3 is 19.7 Å². The van der Waals surface area contributed by atoms with E-state index in [-0.39, 0.29) is 0 Å². The van der Waals surface area contributed by atoms with E-state index < -0.39 is 24.1 Å². The van der Waals surface area contributed by atoms with Crippen molar-refractivity contribution in [1.29, 1.82) is 0 Å². The molecule has 0 fully saturated rings. The summed E-state index contributed by atoms with van der Waals surface area (Å²) in [5.74, 6) is -1.49. The molecular weight excluding hydrogens is 367 g/mol. The fourth-order valence-corrected chi connectivity index (χ4v) is 1.77. The number of hydrogen-bond donors (Lipinski definition) is 2. The topological polar surface area (TPSA) is 93.1 Å². The third kappa shape index (κ3) is 4.27. The molecule has 1 aromatic carbocycles. The molecule has 1 aromatic rings. The Bertz CT molecular complexity index is 447. The molecule has 19 heavy (non-hydrogen) atoms. The third-order valence-corrected chi connectivity index (χ3v) is 3.29.